The van der Waals surface area contributed by atoms with Crippen molar-refractivity contribution in [1.29, 1.82) is 0 Å². The third-order valence-electron chi connectivity index (χ3n) is 4.62. The number of esters is 1. The first-order valence-electron chi connectivity index (χ1n) is 9.83. The van der Waals surface area contributed by atoms with E-state index in [2.05, 4.69) is 10.6 Å². The number of piperazine rings is 1. The highest BCUT2D eigenvalue weighted by Gasteiger charge is 2.34. The average Bonchev–Trinajstić information content (AvgIpc) is 3.28. The number of thiocarbonyl (C=S) groups is 1. The first kappa shape index (κ1) is 22.6. The second-order valence-corrected chi connectivity index (χ2v) is 8.17. The molecule has 1 aromatic carbocycles. The molecule has 1 saturated heterocycles. The first-order chi connectivity index (χ1) is 15.0. The Morgan fingerprint density at radius 3 is 2.81 bits per heavy atom. The Balaban J connectivity index is 1.52. The van der Waals surface area contributed by atoms with Gasteiger partial charge in [0.25, 0.3) is 0 Å². The van der Waals surface area contributed by atoms with Gasteiger partial charge in [-0.1, -0.05) is 36.4 Å². The van der Waals surface area contributed by atoms with E-state index >= 15 is 0 Å². The summed E-state index contributed by atoms with van der Waals surface area (Å²) in [5, 5.41) is 7.36. The van der Waals surface area contributed by atoms with E-state index in [-0.39, 0.29) is 24.0 Å². The Hall–Kier alpha value is -3.04. The zero-order valence-corrected chi connectivity index (χ0v) is 18.4. The van der Waals surface area contributed by atoms with E-state index in [1.165, 1.54) is 17.4 Å². The van der Waals surface area contributed by atoms with Crippen LogP contribution in [0, 0.1) is 0 Å². The van der Waals surface area contributed by atoms with Crippen molar-refractivity contribution in [3.63, 3.8) is 0 Å². The molecule has 1 aromatic heterocycles. The summed E-state index contributed by atoms with van der Waals surface area (Å²) in [6.07, 6.45) is 3.52. The maximum absolute atomic E-state index is 12.4. The molecule has 2 heterocycles. The predicted molar refractivity (Wildman–Crippen MR) is 123 cm³/mol. The number of nitrogens with zero attached hydrogens (tertiary/aromatic N) is 1. The van der Waals surface area contributed by atoms with E-state index in [9.17, 15) is 14.4 Å². The van der Waals surface area contributed by atoms with Gasteiger partial charge >= 0.3 is 5.97 Å². The average molecular weight is 458 g/mol. The number of thiophene rings is 1. The van der Waals surface area contributed by atoms with Gasteiger partial charge in [0.1, 0.15) is 6.04 Å². The van der Waals surface area contributed by atoms with Gasteiger partial charge in [-0.05, 0) is 35.3 Å². The number of hydrogen-bond acceptors (Lipinski definition) is 6. The SMILES string of the molecule is O=C(/C=C/c1cccs1)NC(=S)N1CCNC(=O)C1CC(=O)OCCc1ccccc1. The van der Waals surface area contributed by atoms with Gasteiger partial charge in [0.05, 0.1) is 13.0 Å². The van der Waals surface area contributed by atoms with Crippen LogP contribution in [0.5, 0.6) is 0 Å². The van der Waals surface area contributed by atoms with Gasteiger partial charge in [-0.3, -0.25) is 19.7 Å². The Bertz CT molecular complexity index is 945. The fraction of sp³-hybridized carbons (Fsp3) is 0.273. The third-order valence-corrected chi connectivity index (χ3v) is 5.79. The Morgan fingerprint density at radius 2 is 2.06 bits per heavy atom. The highest BCUT2D eigenvalue weighted by atomic mass is 32.1. The predicted octanol–water partition coefficient (Wildman–Crippen LogP) is 2.14. The quantitative estimate of drug-likeness (QED) is 0.376. The monoisotopic (exact) mass is 457 g/mol. The van der Waals surface area contributed by atoms with Gasteiger partial charge in [0.2, 0.25) is 11.8 Å². The summed E-state index contributed by atoms with van der Waals surface area (Å²) in [6, 6.07) is 12.6. The minimum absolute atomic E-state index is 0.109. The van der Waals surface area contributed by atoms with Crippen LogP contribution < -0.4 is 10.6 Å². The fourth-order valence-electron chi connectivity index (χ4n) is 3.07. The van der Waals surface area contributed by atoms with E-state index in [0.717, 1.165) is 10.4 Å². The summed E-state index contributed by atoms with van der Waals surface area (Å²) >= 11 is 6.84. The largest absolute Gasteiger partial charge is 0.465 e. The van der Waals surface area contributed by atoms with Crippen molar-refractivity contribution in [2.75, 3.05) is 19.7 Å². The Morgan fingerprint density at radius 1 is 1.26 bits per heavy atom. The number of hydrogen-bond donors (Lipinski definition) is 2. The fourth-order valence-corrected chi connectivity index (χ4v) is 4.00. The van der Waals surface area contributed by atoms with Crippen molar-refractivity contribution >= 4 is 52.5 Å². The second kappa shape index (κ2) is 11.4. The Labute approximate surface area is 190 Å². The molecule has 7 nitrogen and oxygen atoms in total. The molecule has 9 heteroatoms. The van der Waals surface area contributed by atoms with E-state index in [4.69, 9.17) is 17.0 Å². The van der Waals surface area contributed by atoms with Crippen molar-refractivity contribution in [2.45, 2.75) is 18.9 Å². The molecule has 1 unspecified atom stereocenters. The van der Waals surface area contributed by atoms with E-state index in [0.29, 0.717) is 19.5 Å². The summed E-state index contributed by atoms with van der Waals surface area (Å²) in [4.78, 5) is 39.3. The molecule has 0 spiro atoms. The van der Waals surface area contributed by atoms with Crippen LogP contribution in [0.3, 0.4) is 0 Å². The summed E-state index contributed by atoms with van der Waals surface area (Å²) in [7, 11) is 0. The maximum atomic E-state index is 12.4. The molecular weight excluding hydrogens is 434 g/mol. The zero-order valence-electron chi connectivity index (χ0n) is 16.8. The standard InChI is InChI=1S/C22H23N3O4S2/c26-19(9-8-17-7-4-14-31-17)24-22(30)25-12-11-23-21(28)18(25)15-20(27)29-13-10-16-5-2-1-3-6-16/h1-9,14,18H,10-13,15H2,(H,23,28)(H,24,26,30)/b9-8+. The lowest BCUT2D eigenvalue weighted by Crippen LogP contribution is -2.60. The van der Waals surface area contributed by atoms with Gasteiger partial charge in [-0.15, -0.1) is 11.3 Å². The first-order valence-corrected chi connectivity index (χ1v) is 11.1. The minimum Gasteiger partial charge on any atom is -0.465 e. The molecule has 2 amide bonds. The molecule has 0 bridgehead atoms. The summed E-state index contributed by atoms with van der Waals surface area (Å²) in [5.74, 6) is -1.21. The molecule has 0 aliphatic carbocycles. The van der Waals surface area contributed by atoms with Gasteiger partial charge in [-0.2, -0.15) is 0 Å². The lowest BCUT2D eigenvalue weighted by atomic mass is 10.1. The molecule has 3 rings (SSSR count). The number of carbonyl (C=O) groups is 3. The topological polar surface area (TPSA) is 87.7 Å². The molecule has 162 valence electrons. The van der Waals surface area contributed by atoms with Crippen molar-refractivity contribution in [1.82, 2.24) is 15.5 Å². The molecule has 0 radical (unpaired) electrons. The number of rotatable bonds is 7. The van der Waals surface area contributed by atoms with E-state index in [1.807, 2.05) is 47.8 Å². The van der Waals surface area contributed by atoms with E-state index < -0.39 is 17.9 Å². The van der Waals surface area contributed by atoms with Crippen molar-refractivity contribution < 1.29 is 19.1 Å². The molecule has 1 aliphatic rings. The smallest absolute Gasteiger partial charge is 0.308 e. The van der Waals surface area contributed by atoms with Crippen LogP contribution in [-0.2, 0) is 25.5 Å². The van der Waals surface area contributed by atoms with Gasteiger partial charge in [0, 0.05) is 30.5 Å². The molecule has 2 N–H and O–H groups in total. The lowest BCUT2D eigenvalue weighted by Gasteiger charge is -2.36. The van der Waals surface area contributed by atoms with E-state index in [1.54, 1.807) is 11.0 Å². The summed E-state index contributed by atoms with van der Waals surface area (Å²) in [6.45, 7) is 0.993. The lowest BCUT2D eigenvalue weighted by molar-refractivity contribution is -0.147. The summed E-state index contributed by atoms with van der Waals surface area (Å²) in [5.41, 5.74) is 1.06. The van der Waals surface area contributed by atoms with Crippen molar-refractivity contribution in [2.24, 2.45) is 0 Å². The number of carbonyl (C=O) groups excluding carboxylic acids is 3. The van der Waals surface area contributed by atoms with Gasteiger partial charge in [0.15, 0.2) is 5.11 Å². The highest BCUT2D eigenvalue weighted by Crippen LogP contribution is 2.12. The second-order valence-electron chi connectivity index (χ2n) is 6.80. The van der Waals surface area contributed by atoms with Crippen LogP contribution in [0.2, 0.25) is 0 Å². The van der Waals surface area contributed by atoms with Crippen LogP contribution in [0.4, 0.5) is 0 Å². The molecule has 1 fully saturated rings. The van der Waals surface area contributed by atoms with Crippen molar-refractivity contribution in [3.8, 4) is 0 Å². The van der Waals surface area contributed by atoms with Crippen LogP contribution in [-0.4, -0.2) is 53.5 Å². The number of amides is 2. The number of ether oxygens (including phenoxy) is 1. The number of nitrogens with one attached hydrogen (secondary N) is 2. The Kier molecular flexibility index (Phi) is 8.31. The van der Waals surface area contributed by atoms with Crippen LogP contribution >= 0.6 is 23.6 Å². The molecule has 1 aliphatic heterocycles. The molecule has 31 heavy (non-hydrogen) atoms. The van der Waals surface area contributed by atoms with Crippen LogP contribution in [0.15, 0.2) is 53.9 Å². The molecule has 0 saturated carbocycles. The zero-order chi connectivity index (χ0) is 22.1. The van der Waals surface area contributed by atoms with Crippen LogP contribution in [0.1, 0.15) is 16.9 Å². The van der Waals surface area contributed by atoms with Gasteiger partial charge < -0.3 is 15.0 Å². The molecule has 2 aromatic rings. The molecular formula is C22H23N3O4S2. The normalized spacial score (nSPS) is 16.1. The van der Waals surface area contributed by atoms with Gasteiger partial charge in [-0.25, -0.2) is 0 Å². The minimum atomic E-state index is -0.827. The summed E-state index contributed by atoms with van der Waals surface area (Å²) < 4.78 is 5.30. The number of benzene rings is 1. The third kappa shape index (κ3) is 7.01. The maximum Gasteiger partial charge on any atom is 0.308 e. The molecule has 1 atom stereocenters. The van der Waals surface area contributed by atoms with Crippen LogP contribution in [0.25, 0.3) is 6.08 Å². The van der Waals surface area contributed by atoms with Crippen molar-refractivity contribution in [3.05, 3.63) is 64.4 Å². The highest BCUT2D eigenvalue weighted by molar-refractivity contribution is 7.80.